The molecule has 0 bridgehead atoms. The van der Waals surface area contributed by atoms with Crippen molar-refractivity contribution in [2.24, 2.45) is 5.92 Å². The zero-order valence-electron chi connectivity index (χ0n) is 10.9. The molecule has 0 amide bonds. The first kappa shape index (κ1) is 12.2. The maximum absolute atomic E-state index is 6.06. The number of aromatic nitrogens is 1. The lowest BCUT2D eigenvalue weighted by molar-refractivity contribution is 0.532. The van der Waals surface area contributed by atoms with E-state index >= 15 is 0 Å². The van der Waals surface area contributed by atoms with Gasteiger partial charge in [-0.15, -0.1) is 0 Å². The Hall–Kier alpha value is -1.25. The fourth-order valence-electron chi connectivity index (χ4n) is 2.67. The number of hydrogen-bond donors (Lipinski definition) is 1. The van der Waals surface area contributed by atoms with Crippen LogP contribution in [-0.4, -0.2) is 17.6 Å². The zero-order valence-corrected chi connectivity index (χ0v) is 10.9. The average molecular weight is 233 g/mol. The third kappa shape index (κ3) is 2.90. The molecule has 1 aromatic rings. The van der Waals surface area contributed by atoms with Crippen LogP contribution in [0, 0.1) is 5.92 Å². The van der Waals surface area contributed by atoms with E-state index in [0.717, 1.165) is 18.1 Å². The van der Waals surface area contributed by atoms with Gasteiger partial charge in [0.2, 0.25) is 0 Å². The molecular formula is C14H23N3. The number of nitrogens with zero attached hydrogens (tertiary/aromatic N) is 2. The third-order valence-electron chi connectivity index (χ3n) is 3.42. The first-order valence-corrected chi connectivity index (χ1v) is 6.65. The first-order chi connectivity index (χ1) is 8.18. The second-order valence-corrected chi connectivity index (χ2v) is 5.40. The monoisotopic (exact) mass is 233 g/mol. The normalized spacial score (nSPS) is 16.6. The van der Waals surface area contributed by atoms with Gasteiger partial charge in [0.05, 0.1) is 5.69 Å². The van der Waals surface area contributed by atoms with E-state index in [2.05, 4.69) is 23.7 Å². The van der Waals surface area contributed by atoms with Crippen LogP contribution in [0.15, 0.2) is 18.3 Å². The summed E-state index contributed by atoms with van der Waals surface area (Å²) in [5.41, 5.74) is 6.87. The van der Waals surface area contributed by atoms with E-state index in [1.807, 2.05) is 18.3 Å². The van der Waals surface area contributed by atoms with Crippen LogP contribution in [0.2, 0.25) is 0 Å². The Balaban J connectivity index is 2.22. The Morgan fingerprint density at radius 1 is 1.41 bits per heavy atom. The Kier molecular flexibility index (Phi) is 3.87. The van der Waals surface area contributed by atoms with Crippen LogP contribution < -0.4 is 10.6 Å². The van der Waals surface area contributed by atoms with Gasteiger partial charge in [-0.2, -0.15) is 0 Å². The van der Waals surface area contributed by atoms with Crippen molar-refractivity contribution >= 4 is 11.5 Å². The quantitative estimate of drug-likeness (QED) is 0.869. The lowest BCUT2D eigenvalue weighted by Gasteiger charge is -2.32. The van der Waals surface area contributed by atoms with Crippen molar-refractivity contribution in [1.29, 1.82) is 0 Å². The van der Waals surface area contributed by atoms with Gasteiger partial charge in [0, 0.05) is 18.8 Å². The Bertz CT molecular complexity index is 356. The van der Waals surface area contributed by atoms with Crippen LogP contribution >= 0.6 is 0 Å². The number of pyridine rings is 1. The molecule has 0 radical (unpaired) electrons. The molecule has 94 valence electrons. The van der Waals surface area contributed by atoms with Gasteiger partial charge in [-0.3, -0.25) is 0 Å². The summed E-state index contributed by atoms with van der Waals surface area (Å²) in [6.07, 6.45) is 7.08. The zero-order chi connectivity index (χ0) is 12.3. The molecule has 1 aromatic heterocycles. The number of nitrogen functional groups attached to an aromatic ring is 1. The van der Waals surface area contributed by atoms with Crippen molar-refractivity contribution in [3.8, 4) is 0 Å². The molecule has 0 aliphatic heterocycles. The summed E-state index contributed by atoms with van der Waals surface area (Å²) in [5.74, 6) is 1.62. The second kappa shape index (κ2) is 5.39. The Morgan fingerprint density at radius 2 is 2.12 bits per heavy atom. The van der Waals surface area contributed by atoms with E-state index in [-0.39, 0.29) is 0 Å². The molecule has 0 unspecified atom stereocenters. The van der Waals surface area contributed by atoms with Crippen molar-refractivity contribution in [2.75, 3.05) is 17.2 Å². The van der Waals surface area contributed by atoms with Crippen LogP contribution in [0.4, 0.5) is 11.5 Å². The van der Waals surface area contributed by atoms with Crippen molar-refractivity contribution in [3.63, 3.8) is 0 Å². The summed E-state index contributed by atoms with van der Waals surface area (Å²) in [4.78, 5) is 6.90. The fraction of sp³-hybridized carbons (Fsp3) is 0.643. The molecule has 1 heterocycles. The molecule has 1 aliphatic carbocycles. The number of nitrogens with two attached hydrogens (primary N) is 1. The van der Waals surface area contributed by atoms with Gasteiger partial charge in [-0.1, -0.05) is 26.7 Å². The predicted octanol–water partition coefficient (Wildman–Crippen LogP) is 3.07. The summed E-state index contributed by atoms with van der Waals surface area (Å²) >= 11 is 0. The lowest BCUT2D eigenvalue weighted by Crippen LogP contribution is -2.37. The summed E-state index contributed by atoms with van der Waals surface area (Å²) in [6.45, 7) is 5.55. The molecule has 3 heteroatoms. The minimum atomic E-state index is 0.634. The van der Waals surface area contributed by atoms with Gasteiger partial charge < -0.3 is 10.6 Å². The smallest absolute Gasteiger partial charge is 0.152 e. The maximum Gasteiger partial charge on any atom is 0.152 e. The molecule has 1 fully saturated rings. The molecule has 17 heavy (non-hydrogen) atoms. The molecule has 2 N–H and O–H groups in total. The average Bonchev–Trinajstić information content (AvgIpc) is 2.80. The van der Waals surface area contributed by atoms with E-state index in [9.17, 15) is 0 Å². The highest BCUT2D eigenvalue weighted by molar-refractivity contribution is 5.62. The highest BCUT2D eigenvalue weighted by Crippen LogP contribution is 2.30. The fourth-order valence-corrected chi connectivity index (χ4v) is 2.67. The van der Waals surface area contributed by atoms with E-state index in [0.29, 0.717) is 12.0 Å². The highest BCUT2D eigenvalue weighted by atomic mass is 15.2. The van der Waals surface area contributed by atoms with Gasteiger partial charge >= 0.3 is 0 Å². The molecule has 3 nitrogen and oxygen atoms in total. The topological polar surface area (TPSA) is 42.2 Å². The van der Waals surface area contributed by atoms with E-state index in [4.69, 9.17) is 5.73 Å². The Morgan fingerprint density at radius 3 is 2.71 bits per heavy atom. The highest BCUT2D eigenvalue weighted by Gasteiger charge is 2.25. The van der Waals surface area contributed by atoms with Gasteiger partial charge in [-0.25, -0.2) is 4.98 Å². The largest absolute Gasteiger partial charge is 0.396 e. The van der Waals surface area contributed by atoms with Crippen molar-refractivity contribution in [1.82, 2.24) is 4.98 Å². The number of rotatable bonds is 4. The van der Waals surface area contributed by atoms with Crippen LogP contribution in [0.1, 0.15) is 39.5 Å². The molecule has 1 saturated carbocycles. The van der Waals surface area contributed by atoms with E-state index in [1.165, 1.54) is 25.7 Å². The molecule has 2 rings (SSSR count). The van der Waals surface area contributed by atoms with Crippen molar-refractivity contribution in [2.45, 2.75) is 45.6 Å². The van der Waals surface area contributed by atoms with Gasteiger partial charge in [-0.05, 0) is 30.9 Å². The summed E-state index contributed by atoms with van der Waals surface area (Å²) in [6, 6.07) is 4.49. The van der Waals surface area contributed by atoms with Crippen LogP contribution in [0.25, 0.3) is 0 Å². The second-order valence-electron chi connectivity index (χ2n) is 5.40. The minimum Gasteiger partial charge on any atom is -0.396 e. The molecule has 0 spiro atoms. The van der Waals surface area contributed by atoms with Crippen molar-refractivity contribution < 1.29 is 0 Å². The number of anilines is 2. The molecule has 0 aromatic carbocycles. The van der Waals surface area contributed by atoms with Gasteiger partial charge in [0.25, 0.3) is 0 Å². The SMILES string of the molecule is CC(C)CN(c1ncccc1N)C1CCCC1. The third-order valence-corrected chi connectivity index (χ3v) is 3.42. The molecule has 0 atom stereocenters. The molecular weight excluding hydrogens is 210 g/mol. The van der Waals surface area contributed by atoms with Crippen molar-refractivity contribution in [3.05, 3.63) is 18.3 Å². The van der Waals surface area contributed by atoms with Crippen LogP contribution in [-0.2, 0) is 0 Å². The minimum absolute atomic E-state index is 0.634. The first-order valence-electron chi connectivity index (χ1n) is 6.65. The standard InChI is InChI=1S/C14H23N3/c1-11(2)10-17(12-6-3-4-7-12)14-13(15)8-5-9-16-14/h5,8-9,11-12H,3-4,6-7,10,15H2,1-2H3. The van der Waals surface area contributed by atoms with Crippen LogP contribution in [0.3, 0.4) is 0 Å². The van der Waals surface area contributed by atoms with Crippen LogP contribution in [0.5, 0.6) is 0 Å². The van der Waals surface area contributed by atoms with Gasteiger partial charge in [0.1, 0.15) is 0 Å². The van der Waals surface area contributed by atoms with Gasteiger partial charge in [0.15, 0.2) is 5.82 Å². The predicted molar refractivity (Wildman–Crippen MR) is 73.1 cm³/mol. The summed E-state index contributed by atoms with van der Waals surface area (Å²) in [5, 5.41) is 0. The van der Waals surface area contributed by atoms with E-state index in [1.54, 1.807) is 0 Å². The Labute approximate surface area is 104 Å². The summed E-state index contributed by atoms with van der Waals surface area (Å²) in [7, 11) is 0. The lowest BCUT2D eigenvalue weighted by atomic mass is 10.1. The molecule has 1 aliphatic rings. The van der Waals surface area contributed by atoms with E-state index < -0.39 is 0 Å². The molecule has 0 saturated heterocycles. The maximum atomic E-state index is 6.06. The number of hydrogen-bond acceptors (Lipinski definition) is 3. The summed E-state index contributed by atoms with van der Waals surface area (Å²) < 4.78 is 0.